The quantitative estimate of drug-likeness (QED) is 0.849. The van der Waals surface area contributed by atoms with Gasteiger partial charge in [-0.1, -0.05) is 29.8 Å². The standard InChI is InChI=1S/C14H20N4O/c1-11-4-3-5-12(8-11)9-13-16-17-14(10-15)18(13)6-7-19-2/h3-5,8H,6-7,9-10,15H2,1-2H3. The summed E-state index contributed by atoms with van der Waals surface area (Å²) in [5, 5.41) is 8.38. The Morgan fingerprint density at radius 2 is 2.05 bits per heavy atom. The van der Waals surface area contributed by atoms with E-state index in [1.807, 2.05) is 4.57 Å². The highest BCUT2D eigenvalue weighted by Gasteiger charge is 2.11. The molecular weight excluding hydrogens is 240 g/mol. The summed E-state index contributed by atoms with van der Waals surface area (Å²) in [5.41, 5.74) is 8.17. The van der Waals surface area contributed by atoms with Crippen molar-refractivity contribution in [3.8, 4) is 0 Å². The van der Waals surface area contributed by atoms with E-state index < -0.39 is 0 Å². The lowest BCUT2D eigenvalue weighted by molar-refractivity contribution is 0.185. The highest BCUT2D eigenvalue weighted by Crippen LogP contribution is 2.11. The van der Waals surface area contributed by atoms with Gasteiger partial charge in [-0.3, -0.25) is 0 Å². The van der Waals surface area contributed by atoms with Crippen LogP contribution in [0.3, 0.4) is 0 Å². The second kappa shape index (κ2) is 6.45. The summed E-state index contributed by atoms with van der Waals surface area (Å²) in [4.78, 5) is 0. The van der Waals surface area contributed by atoms with Crippen LogP contribution < -0.4 is 5.73 Å². The summed E-state index contributed by atoms with van der Waals surface area (Å²) in [5.74, 6) is 1.74. The molecule has 0 unspecified atom stereocenters. The number of nitrogens with two attached hydrogens (primary N) is 1. The van der Waals surface area contributed by atoms with E-state index in [1.165, 1.54) is 11.1 Å². The van der Waals surface area contributed by atoms with Crippen molar-refractivity contribution in [2.24, 2.45) is 5.73 Å². The van der Waals surface area contributed by atoms with Crippen molar-refractivity contribution in [2.75, 3.05) is 13.7 Å². The van der Waals surface area contributed by atoms with Crippen LogP contribution in [0.4, 0.5) is 0 Å². The number of benzene rings is 1. The fourth-order valence-corrected chi connectivity index (χ4v) is 2.10. The molecule has 0 aliphatic heterocycles. The van der Waals surface area contributed by atoms with Crippen LogP contribution in [-0.4, -0.2) is 28.5 Å². The molecule has 1 aromatic heterocycles. The van der Waals surface area contributed by atoms with Crippen LogP contribution in [0.2, 0.25) is 0 Å². The SMILES string of the molecule is COCCn1c(CN)nnc1Cc1cccc(C)c1. The molecule has 5 nitrogen and oxygen atoms in total. The Bertz CT molecular complexity index is 536. The van der Waals surface area contributed by atoms with Crippen molar-refractivity contribution < 1.29 is 4.74 Å². The summed E-state index contributed by atoms with van der Waals surface area (Å²) in [6.45, 7) is 3.85. The summed E-state index contributed by atoms with van der Waals surface area (Å²) >= 11 is 0. The predicted molar refractivity (Wildman–Crippen MR) is 73.8 cm³/mol. The van der Waals surface area contributed by atoms with Crippen LogP contribution in [0.15, 0.2) is 24.3 Å². The van der Waals surface area contributed by atoms with E-state index in [0.29, 0.717) is 13.2 Å². The first-order valence-corrected chi connectivity index (χ1v) is 6.40. The van der Waals surface area contributed by atoms with Crippen molar-refractivity contribution in [3.63, 3.8) is 0 Å². The third-order valence-corrected chi connectivity index (χ3v) is 3.05. The predicted octanol–water partition coefficient (Wildman–Crippen LogP) is 1.28. The second-order valence-electron chi connectivity index (χ2n) is 4.55. The molecule has 0 aliphatic rings. The average Bonchev–Trinajstić information content (AvgIpc) is 2.78. The number of rotatable bonds is 6. The van der Waals surface area contributed by atoms with Gasteiger partial charge in [0, 0.05) is 20.1 Å². The molecule has 0 amide bonds. The maximum atomic E-state index is 5.69. The lowest BCUT2D eigenvalue weighted by Gasteiger charge is -2.09. The summed E-state index contributed by atoms with van der Waals surface area (Å²) in [7, 11) is 1.69. The second-order valence-corrected chi connectivity index (χ2v) is 4.55. The lowest BCUT2D eigenvalue weighted by atomic mass is 10.1. The summed E-state index contributed by atoms with van der Waals surface area (Å²) in [6.07, 6.45) is 0.762. The van der Waals surface area contributed by atoms with E-state index in [4.69, 9.17) is 10.5 Å². The van der Waals surface area contributed by atoms with Gasteiger partial charge in [0.1, 0.15) is 11.6 Å². The average molecular weight is 260 g/mol. The molecule has 19 heavy (non-hydrogen) atoms. The molecule has 0 saturated heterocycles. The van der Waals surface area contributed by atoms with Gasteiger partial charge in [0.25, 0.3) is 0 Å². The van der Waals surface area contributed by atoms with E-state index in [1.54, 1.807) is 7.11 Å². The summed E-state index contributed by atoms with van der Waals surface area (Å²) < 4.78 is 7.17. The zero-order valence-corrected chi connectivity index (χ0v) is 11.5. The highest BCUT2D eigenvalue weighted by atomic mass is 16.5. The Labute approximate surface area is 113 Å². The monoisotopic (exact) mass is 260 g/mol. The number of hydrogen-bond acceptors (Lipinski definition) is 4. The van der Waals surface area contributed by atoms with Gasteiger partial charge in [-0.15, -0.1) is 10.2 Å². The normalized spacial score (nSPS) is 10.9. The van der Waals surface area contributed by atoms with E-state index in [2.05, 4.69) is 41.4 Å². The van der Waals surface area contributed by atoms with Gasteiger partial charge in [0.05, 0.1) is 13.2 Å². The zero-order valence-electron chi connectivity index (χ0n) is 11.5. The minimum atomic E-state index is 0.393. The van der Waals surface area contributed by atoms with E-state index in [-0.39, 0.29) is 0 Å². The Morgan fingerprint density at radius 1 is 1.26 bits per heavy atom. The molecule has 0 fully saturated rings. The highest BCUT2D eigenvalue weighted by molar-refractivity contribution is 5.25. The first-order valence-electron chi connectivity index (χ1n) is 6.40. The number of aromatic nitrogens is 3. The Hall–Kier alpha value is -1.72. The maximum Gasteiger partial charge on any atom is 0.146 e. The van der Waals surface area contributed by atoms with Crippen LogP contribution in [0.5, 0.6) is 0 Å². The van der Waals surface area contributed by atoms with Gasteiger partial charge < -0.3 is 15.0 Å². The number of aryl methyl sites for hydroxylation is 1. The van der Waals surface area contributed by atoms with Gasteiger partial charge in [0.2, 0.25) is 0 Å². The summed E-state index contributed by atoms with van der Waals surface area (Å²) in [6, 6.07) is 8.41. The molecular formula is C14H20N4O. The molecule has 0 saturated carbocycles. The molecule has 1 aromatic carbocycles. The minimum Gasteiger partial charge on any atom is -0.383 e. The van der Waals surface area contributed by atoms with Crippen LogP contribution in [0.1, 0.15) is 22.8 Å². The number of nitrogens with zero attached hydrogens (tertiary/aromatic N) is 3. The number of ether oxygens (including phenoxy) is 1. The molecule has 2 N–H and O–H groups in total. The van der Waals surface area contributed by atoms with Crippen LogP contribution in [0.25, 0.3) is 0 Å². The van der Waals surface area contributed by atoms with Crippen molar-refractivity contribution in [3.05, 3.63) is 47.0 Å². The molecule has 0 atom stereocenters. The Morgan fingerprint density at radius 3 is 2.74 bits per heavy atom. The topological polar surface area (TPSA) is 66.0 Å². The van der Waals surface area contributed by atoms with Crippen molar-refractivity contribution in [1.29, 1.82) is 0 Å². The largest absolute Gasteiger partial charge is 0.383 e. The van der Waals surface area contributed by atoms with Gasteiger partial charge in [-0.05, 0) is 12.5 Å². The zero-order chi connectivity index (χ0) is 13.7. The van der Waals surface area contributed by atoms with Crippen molar-refractivity contribution in [2.45, 2.75) is 26.4 Å². The fraction of sp³-hybridized carbons (Fsp3) is 0.429. The molecule has 0 aliphatic carbocycles. The van der Waals surface area contributed by atoms with E-state index in [0.717, 1.165) is 24.6 Å². The number of methoxy groups -OCH3 is 1. The lowest BCUT2D eigenvalue weighted by Crippen LogP contribution is -2.14. The molecule has 1 heterocycles. The third-order valence-electron chi connectivity index (χ3n) is 3.05. The molecule has 0 radical (unpaired) electrons. The molecule has 5 heteroatoms. The first-order chi connectivity index (χ1) is 9.24. The molecule has 2 rings (SSSR count). The van der Waals surface area contributed by atoms with Crippen LogP contribution >= 0.6 is 0 Å². The van der Waals surface area contributed by atoms with Gasteiger partial charge in [-0.25, -0.2) is 0 Å². The van der Waals surface area contributed by atoms with Crippen LogP contribution in [-0.2, 0) is 24.2 Å². The third kappa shape index (κ3) is 3.39. The smallest absolute Gasteiger partial charge is 0.146 e. The van der Waals surface area contributed by atoms with Crippen LogP contribution in [0, 0.1) is 6.92 Å². The van der Waals surface area contributed by atoms with Gasteiger partial charge in [-0.2, -0.15) is 0 Å². The van der Waals surface area contributed by atoms with Crippen molar-refractivity contribution >= 4 is 0 Å². The first kappa shape index (κ1) is 13.7. The fourth-order valence-electron chi connectivity index (χ4n) is 2.10. The van der Waals surface area contributed by atoms with E-state index >= 15 is 0 Å². The molecule has 0 spiro atoms. The van der Waals surface area contributed by atoms with Crippen molar-refractivity contribution in [1.82, 2.24) is 14.8 Å². The maximum absolute atomic E-state index is 5.69. The van der Waals surface area contributed by atoms with E-state index in [9.17, 15) is 0 Å². The van der Waals surface area contributed by atoms with Gasteiger partial charge in [0.15, 0.2) is 0 Å². The molecule has 0 bridgehead atoms. The number of hydrogen-bond donors (Lipinski definition) is 1. The Kier molecular flexibility index (Phi) is 4.65. The minimum absolute atomic E-state index is 0.393. The Balaban J connectivity index is 2.21. The van der Waals surface area contributed by atoms with Gasteiger partial charge >= 0.3 is 0 Å². The molecule has 2 aromatic rings. The molecule has 102 valence electrons.